The van der Waals surface area contributed by atoms with Gasteiger partial charge in [0.05, 0.1) is 11.8 Å². The molecule has 1 aliphatic heterocycles. The fourth-order valence-corrected chi connectivity index (χ4v) is 3.45. The van der Waals surface area contributed by atoms with E-state index in [0.29, 0.717) is 24.5 Å². The van der Waals surface area contributed by atoms with E-state index >= 15 is 0 Å². The van der Waals surface area contributed by atoms with Crippen molar-refractivity contribution in [2.24, 2.45) is 0 Å². The van der Waals surface area contributed by atoms with Gasteiger partial charge in [-0.3, -0.25) is 9.59 Å². The molecule has 2 fully saturated rings. The fraction of sp³-hybridized carbons (Fsp3) is 0.579. The Balaban J connectivity index is 1.59. The zero-order valence-electron chi connectivity index (χ0n) is 14.9. The Labute approximate surface area is 149 Å². The predicted octanol–water partition coefficient (Wildman–Crippen LogP) is 2.11. The van der Waals surface area contributed by atoms with Gasteiger partial charge >= 0.3 is 11.8 Å². The number of piperazine rings is 1. The highest BCUT2D eigenvalue weighted by Crippen LogP contribution is 2.29. The van der Waals surface area contributed by atoms with Gasteiger partial charge in [-0.2, -0.15) is 0 Å². The molecule has 1 aromatic rings. The van der Waals surface area contributed by atoms with Crippen LogP contribution < -0.4 is 10.1 Å². The van der Waals surface area contributed by atoms with Crippen LogP contribution in [0.2, 0.25) is 0 Å². The SMILES string of the molecule is CCN1CCN(C(=O)C(=O)Nc2ccccc2OC2CCCC2)CC1. The van der Waals surface area contributed by atoms with Crippen LogP contribution in [0.4, 0.5) is 5.69 Å². The number of nitrogens with one attached hydrogen (secondary N) is 1. The van der Waals surface area contributed by atoms with E-state index in [1.165, 1.54) is 12.8 Å². The summed E-state index contributed by atoms with van der Waals surface area (Å²) in [4.78, 5) is 28.7. The number of ether oxygens (including phenoxy) is 1. The number of rotatable bonds is 4. The van der Waals surface area contributed by atoms with Gasteiger partial charge in [-0.1, -0.05) is 19.1 Å². The van der Waals surface area contributed by atoms with Gasteiger partial charge in [0, 0.05) is 26.2 Å². The third-order valence-corrected chi connectivity index (χ3v) is 5.03. The minimum absolute atomic E-state index is 0.205. The molecule has 1 heterocycles. The van der Waals surface area contributed by atoms with Crippen molar-refractivity contribution in [2.75, 3.05) is 38.0 Å². The van der Waals surface area contributed by atoms with E-state index in [0.717, 1.165) is 32.5 Å². The third kappa shape index (κ3) is 4.51. The van der Waals surface area contributed by atoms with E-state index in [-0.39, 0.29) is 6.10 Å². The molecular formula is C19H27N3O3. The average Bonchev–Trinajstić information content (AvgIpc) is 3.16. The van der Waals surface area contributed by atoms with Crippen molar-refractivity contribution >= 4 is 17.5 Å². The molecule has 1 aliphatic carbocycles. The summed E-state index contributed by atoms with van der Waals surface area (Å²) < 4.78 is 6.01. The number of anilines is 1. The lowest BCUT2D eigenvalue weighted by molar-refractivity contribution is -0.144. The lowest BCUT2D eigenvalue weighted by Crippen LogP contribution is -2.51. The van der Waals surface area contributed by atoms with Gasteiger partial charge in [-0.25, -0.2) is 0 Å². The first kappa shape index (κ1) is 17.7. The molecule has 1 aromatic carbocycles. The summed E-state index contributed by atoms with van der Waals surface area (Å²) in [6.07, 6.45) is 4.66. The van der Waals surface area contributed by atoms with Gasteiger partial charge in [0.2, 0.25) is 0 Å². The van der Waals surface area contributed by atoms with Crippen molar-refractivity contribution in [3.05, 3.63) is 24.3 Å². The maximum absolute atomic E-state index is 12.4. The number of benzene rings is 1. The van der Waals surface area contributed by atoms with Crippen molar-refractivity contribution in [1.82, 2.24) is 9.80 Å². The molecule has 0 unspecified atom stereocenters. The molecule has 136 valence electrons. The van der Waals surface area contributed by atoms with Crippen molar-refractivity contribution in [1.29, 1.82) is 0 Å². The minimum atomic E-state index is -0.590. The Kier molecular flexibility index (Phi) is 5.91. The molecule has 2 amide bonds. The lowest BCUT2D eigenvalue weighted by atomic mass is 10.2. The van der Waals surface area contributed by atoms with E-state index in [9.17, 15) is 9.59 Å². The highest BCUT2D eigenvalue weighted by molar-refractivity contribution is 6.39. The van der Waals surface area contributed by atoms with Crippen LogP contribution in [0.1, 0.15) is 32.6 Å². The molecule has 25 heavy (non-hydrogen) atoms. The third-order valence-electron chi connectivity index (χ3n) is 5.03. The summed E-state index contributed by atoms with van der Waals surface area (Å²) >= 11 is 0. The van der Waals surface area contributed by atoms with Gasteiger partial charge < -0.3 is 19.9 Å². The first-order valence-corrected chi connectivity index (χ1v) is 9.25. The number of hydrogen-bond donors (Lipinski definition) is 1. The summed E-state index contributed by atoms with van der Waals surface area (Å²) in [5.41, 5.74) is 0.569. The molecule has 1 saturated carbocycles. The average molecular weight is 345 g/mol. The van der Waals surface area contributed by atoms with Crippen LogP contribution >= 0.6 is 0 Å². The molecular weight excluding hydrogens is 318 g/mol. The predicted molar refractivity (Wildman–Crippen MR) is 96.6 cm³/mol. The molecule has 0 aromatic heterocycles. The second-order valence-corrected chi connectivity index (χ2v) is 6.70. The Bertz CT molecular complexity index is 606. The number of likely N-dealkylation sites (N-methyl/N-ethyl adjacent to an activating group) is 1. The van der Waals surface area contributed by atoms with Crippen molar-refractivity contribution < 1.29 is 14.3 Å². The summed E-state index contributed by atoms with van der Waals surface area (Å²) in [6.45, 7) is 5.90. The fourth-order valence-electron chi connectivity index (χ4n) is 3.45. The van der Waals surface area contributed by atoms with E-state index in [2.05, 4.69) is 17.1 Å². The van der Waals surface area contributed by atoms with Crippen LogP contribution in [-0.4, -0.2) is 60.4 Å². The van der Waals surface area contributed by atoms with E-state index in [4.69, 9.17) is 4.74 Å². The number of carbonyl (C=O) groups excluding carboxylic acids is 2. The van der Waals surface area contributed by atoms with Crippen LogP contribution in [-0.2, 0) is 9.59 Å². The second-order valence-electron chi connectivity index (χ2n) is 6.70. The smallest absolute Gasteiger partial charge is 0.314 e. The van der Waals surface area contributed by atoms with Gasteiger partial charge in [0.25, 0.3) is 0 Å². The second kappa shape index (κ2) is 8.34. The number of carbonyl (C=O) groups is 2. The van der Waals surface area contributed by atoms with Crippen LogP contribution in [0, 0.1) is 0 Å². The minimum Gasteiger partial charge on any atom is -0.488 e. The maximum atomic E-state index is 12.4. The highest BCUT2D eigenvalue weighted by atomic mass is 16.5. The van der Waals surface area contributed by atoms with Crippen molar-refractivity contribution in [3.63, 3.8) is 0 Å². The lowest BCUT2D eigenvalue weighted by Gasteiger charge is -2.33. The maximum Gasteiger partial charge on any atom is 0.314 e. The molecule has 0 atom stereocenters. The van der Waals surface area contributed by atoms with Crippen molar-refractivity contribution in [3.8, 4) is 5.75 Å². The topological polar surface area (TPSA) is 61.9 Å². The molecule has 0 spiro atoms. The zero-order valence-corrected chi connectivity index (χ0v) is 14.9. The summed E-state index contributed by atoms with van der Waals surface area (Å²) in [6, 6.07) is 7.34. The Hall–Kier alpha value is -2.08. The Morgan fingerprint density at radius 3 is 2.48 bits per heavy atom. The molecule has 6 heteroatoms. The molecule has 2 aliphatic rings. The van der Waals surface area contributed by atoms with Gasteiger partial charge in [0.15, 0.2) is 0 Å². The van der Waals surface area contributed by atoms with E-state index in [1.54, 1.807) is 11.0 Å². The quantitative estimate of drug-likeness (QED) is 0.849. The first-order chi connectivity index (χ1) is 12.2. The molecule has 1 N–H and O–H groups in total. The molecule has 0 bridgehead atoms. The van der Waals surface area contributed by atoms with Gasteiger partial charge in [-0.15, -0.1) is 0 Å². The first-order valence-electron chi connectivity index (χ1n) is 9.25. The van der Waals surface area contributed by atoms with Crippen LogP contribution in [0.3, 0.4) is 0 Å². The van der Waals surface area contributed by atoms with Crippen LogP contribution in [0.25, 0.3) is 0 Å². The highest BCUT2D eigenvalue weighted by Gasteiger charge is 2.26. The van der Waals surface area contributed by atoms with Crippen LogP contribution in [0.15, 0.2) is 24.3 Å². The largest absolute Gasteiger partial charge is 0.488 e. The molecule has 1 saturated heterocycles. The molecule has 3 rings (SSSR count). The Morgan fingerprint density at radius 2 is 1.80 bits per heavy atom. The van der Waals surface area contributed by atoms with Crippen LogP contribution in [0.5, 0.6) is 5.75 Å². The standard InChI is InChI=1S/C19H27N3O3/c1-2-21-11-13-22(14-12-21)19(24)18(23)20-16-9-5-6-10-17(16)25-15-7-3-4-8-15/h5-6,9-10,15H,2-4,7-8,11-14H2,1H3,(H,20,23). The molecule has 6 nitrogen and oxygen atoms in total. The normalized spacial score (nSPS) is 19.0. The van der Waals surface area contributed by atoms with E-state index < -0.39 is 11.8 Å². The van der Waals surface area contributed by atoms with Gasteiger partial charge in [0.1, 0.15) is 5.75 Å². The number of hydrogen-bond acceptors (Lipinski definition) is 4. The number of amides is 2. The van der Waals surface area contributed by atoms with Crippen molar-refractivity contribution in [2.45, 2.75) is 38.7 Å². The number of para-hydroxylation sites is 2. The summed E-state index contributed by atoms with van der Waals surface area (Å²) in [5.74, 6) is -0.412. The summed E-state index contributed by atoms with van der Waals surface area (Å²) in [5, 5.41) is 2.74. The summed E-state index contributed by atoms with van der Waals surface area (Å²) in [7, 11) is 0. The van der Waals surface area contributed by atoms with E-state index in [1.807, 2.05) is 18.2 Å². The zero-order chi connectivity index (χ0) is 17.6. The Morgan fingerprint density at radius 1 is 1.12 bits per heavy atom. The van der Waals surface area contributed by atoms with Gasteiger partial charge in [-0.05, 0) is 44.4 Å². The number of nitrogens with zero attached hydrogens (tertiary/aromatic N) is 2. The molecule has 0 radical (unpaired) electrons. The monoisotopic (exact) mass is 345 g/mol.